The first kappa shape index (κ1) is 31.0. The molecular formula is C26H28F3N3O6S2. The van der Waals surface area contributed by atoms with E-state index in [2.05, 4.69) is 10.0 Å². The Morgan fingerprint density at radius 3 is 2.20 bits per heavy atom. The molecule has 0 atom stereocenters. The lowest BCUT2D eigenvalue weighted by Gasteiger charge is -2.18. The van der Waals surface area contributed by atoms with E-state index in [9.17, 15) is 39.6 Å². The van der Waals surface area contributed by atoms with E-state index in [-0.39, 0.29) is 35.7 Å². The summed E-state index contributed by atoms with van der Waals surface area (Å²) in [6.45, 7) is 1.56. The molecule has 1 heterocycles. The van der Waals surface area contributed by atoms with Crippen molar-refractivity contribution >= 4 is 25.8 Å². The van der Waals surface area contributed by atoms with Crippen LogP contribution in [-0.2, 0) is 39.0 Å². The zero-order chi connectivity index (χ0) is 29.9. The van der Waals surface area contributed by atoms with E-state index in [0.717, 1.165) is 35.3 Å². The average molecular weight is 600 g/mol. The molecule has 3 rings (SSSR count). The van der Waals surface area contributed by atoms with Crippen molar-refractivity contribution in [1.29, 1.82) is 0 Å². The summed E-state index contributed by atoms with van der Waals surface area (Å²) < 4.78 is 89.6. The summed E-state index contributed by atoms with van der Waals surface area (Å²) in [6, 6.07) is 11.3. The van der Waals surface area contributed by atoms with Gasteiger partial charge in [-0.25, -0.2) is 21.6 Å². The topological polar surface area (TPSA) is 131 Å². The Balaban J connectivity index is 1.99. The average Bonchev–Trinajstić information content (AvgIpc) is 2.85. The molecule has 0 aliphatic carbocycles. The number of nitrogens with zero attached hydrogens (tertiary/aromatic N) is 1. The third-order valence-electron chi connectivity index (χ3n) is 6.02. The van der Waals surface area contributed by atoms with Gasteiger partial charge in [-0.05, 0) is 67.3 Å². The Morgan fingerprint density at radius 1 is 0.975 bits per heavy atom. The summed E-state index contributed by atoms with van der Waals surface area (Å²) in [6.07, 6.45) is -2.08. The molecule has 216 valence electrons. The Hall–Kier alpha value is -3.49. The standard InChI is InChI=1S/C26H28F3N3O6S2/c1-17-19(6-5-13-31-40(3,37)38)14-23(24(33)30-16-18-9-11-22(12-10-18)39(2,35)36)25(34)32(17)21-8-4-7-20(15-21)26(27,28)29/h4,7-12,14-15,31H,5-6,13,16H2,1-3H3,(H,30,33). The van der Waals surface area contributed by atoms with Crippen LogP contribution < -0.4 is 15.6 Å². The van der Waals surface area contributed by atoms with Crippen LogP contribution in [0.1, 0.15) is 39.2 Å². The number of aromatic nitrogens is 1. The maximum atomic E-state index is 13.4. The van der Waals surface area contributed by atoms with Crippen molar-refractivity contribution in [3.8, 4) is 5.69 Å². The van der Waals surface area contributed by atoms with Crippen LogP contribution >= 0.6 is 0 Å². The molecule has 0 spiro atoms. The summed E-state index contributed by atoms with van der Waals surface area (Å²) in [5, 5.41) is 2.59. The third kappa shape index (κ3) is 8.02. The van der Waals surface area contributed by atoms with Gasteiger partial charge in [-0.2, -0.15) is 13.2 Å². The van der Waals surface area contributed by atoms with Gasteiger partial charge in [-0.15, -0.1) is 0 Å². The van der Waals surface area contributed by atoms with Crippen molar-refractivity contribution < 1.29 is 34.8 Å². The minimum absolute atomic E-state index is 0.0483. The lowest BCUT2D eigenvalue weighted by atomic mass is 10.0. The predicted octanol–water partition coefficient (Wildman–Crippen LogP) is 2.98. The van der Waals surface area contributed by atoms with E-state index in [1.807, 2.05) is 0 Å². The molecule has 1 amide bonds. The van der Waals surface area contributed by atoms with E-state index in [1.54, 1.807) is 0 Å². The van der Waals surface area contributed by atoms with Crippen molar-refractivity contribution in [2.75, 3.05) is 19.1 Å². The fourth-order valence-corrected chi connectivity index (χ4v) is 5.12. The van der Waals surface area contributed by atoms with Gasteiger partial charge in [0.1, 0.15) is 5.56 Å². The minimum atomic E-state index is -4.66. The molecule has 2 N–H and O–H groups in total. The zero-order valence-electron chi connectivity index (χ0n) is 21.9. The largest absolute Gasteiger partial charge is 0.416 e. The van der Waals surface area contributed by atoms with Gasteiger partial charge in [-0.1, -0.05) is 18.2 Å². The number of halogens is 3. The normalized spacial score (nSPS) is 12.3. The predicted molar refractivity (Wildman–Crippen MR) is 144 cm³/mol. The number of amides is 1. The Morgan fingerprint density at radius 2 is 1.62 bits per heavy atom. The van der Waals surface area contributed by atoms with Crippen LogP contribution in [0.25, 0.3) is 5.69 Å². The Bertz CT molecular complexity index is 1680. The fraction of sp³-hybridized carbons (Fsp3) is 0.308. The number of benzene rings is 2. The van der Waals surface area contributed by atoms with E-state index in [0.29, 0.717) is 23.2 Å². The molecule has 0 fully saturated rings. The number of hydrogen-bond acceptors (Lipinski definition) is 6. The molecule has 0 saturated heterocycles. The van der Waals surface area contributed by atoms with Crippen molar-refractivity contribution in [1.82, 2.24) is 14.6 Å². The summed E-state index contributed by atoms with van der Waals surface area (Å²) in [5.74, 6) is -0.784. The maximum absolute atomic E-state index is 13.4. The quantitative estimate of drug-likeness (QED) is 0.345. The van der Waals surface area contributed by atoms with Crippen LogP contribution in [0, 0.1) is 6.92 Å². The lowest BCUT2D eigenvalue weighted by molar-refractivity contribution is -0.137. The van der Waals surface area contributed by atoms with Gasteiger partial charge in [0, 0.05) is 30.7 Å². The van der Waals surface area contributed by atoms with Gasteiger partial charge in [-0.3, -0.25) is 14.2 Å². The van der Waals surface area contributed by atoms with Crippen molar-refractivity contribution in [3.63, 3.8) is 0 Å². The first-order chi connectivity index (χ1) is 18.5. The number of aryl methyl sites for hydroxylation is 1. The highest BCUT2D eigenvalue weighted by Gasteiger charge is 2.31. The molecule has 2 aromatic carbocycles. The SMILES string of the molecule is Cc1c(CCCNS(C)(=O)=O)cc(C(=O)NCc2ccc(S(C)(=O)=O)cc2)c(=O)n1-c1cccc(C(F)(F)F)c1. The van der Waals surface area contributed by atoms with Gasteiger partial charge in [0.05, 0.1) is 16.7 Å². The second kappa shape index (κ2) is 11.9. The number of rotatable bonds is 10. The van der Waals surface area contributed by atoms with Crippen LogP contribution in [0.15, 0.2) is 64.3 Å². The van der Waals surface area contributed by atoms with Gasteiger partial charge >= 0.3 is 6.18 Å². The molecule has 0 aliphatic rings. The highest BCUT2D eigenvalue weighted by Crippen LogP contribution is 2.30. The summed E-state index contributed by atoms with van der Waals surface area (Å²) >= 11 is 0. The van der Waals surface area contributed by atoms with Crippen LogP contribution in [0.3, 0.4) is 0 Å². The minimum Gasteiger partial charge on any atom is -0.348 e. The monoisotopic (exact) mass is 599 g/mol. The number of pyridine rings is 1. The van der Waals surface area contributed by atoms with E-state index >= 15 is 0 Å². The van der Waals surface area contributed by atoms with Crippen molar-refractivity contribution in [3.05, 3.63) is 92.9 Å². The summed E-state index contributed by atoms with van der Waals surface area (Å²) in [7, 11) is -6.85. The number of sulfonamides is 1. The molecule has 3 aromatic rings. The number of carbonyl (C=O) groups excluding carboxylic acids is 1. The van der Waals surface area contributed by atoms with Gasteiger partial charge in [0.25, 0.3) is 11.5 Å². The smallest absolute Gasteiger partial charge is 0.348 e. The van der Waals surface area contributed by atoms with E-state index in [4.69, 9.17) is 0 Å². The fourth-order valence-electron chi connectivity index (χ4n) is 3.97. The van der Waals surface area contributed by atoms with Crippen molar-refractivity contribution in [2.45, 2.75) is 37.4 Å². The van der Waals surface area contributed by atoms with Gasteiger partial charge in [0.15, 0.2) is 9.84 Å². The van der Waals surface area contributed by atoms with E-state index < -0.39 is 43.1 Å². The molecule has 0 aliphatic heterocycles. The summed E-state index contributed by atoms with van der Waals surface area (Å²) in [5.41, 5.74) is -0.882. The molecule has 40 heavy (non-hydrogen) atoms. The number of alkyl halides is 3. The third-order valence-corrected chi connectivity index (χ3v) is 7.88. The van der Waals surface area contributed by atoms with Crippen LogP contribution in [-0.4, -0.2) is 46.4 Å². The molecule has 0 saturated carbocycles. The molecule has 0 unspecified atom stereocenters. The number of sulfone groups is 1. The van der Waals surface area contributed by atoms with Crippen LogP contribution in [0.5, 0.6) is 0 Å². The molecular weight excluding hydrogens is 571 g/mol. The zero-order valence-corrected chi connectivity index (χ0v) is 23.5. The first-order valence-corrected chi connectivity index (χ1v) is 15.7. The Kier molecular flexibility index (Phi) is 9.27. The van der Waals surface area contributed by atoms with Gasteiger partial charge in [0.2, 0.25) is 10.0 Å². The molecule has 1 aromatic heterocycles. The summed E-state index contributed by atoms with van der Waals surface area (Å²) in [4.78, 5) is 26.6. The van der Waals surface area contributed by atoms with Crippen LogP contribution in [0.2, 0.25) is 0 Å². The molecule has 0 radical (unpaired) electrons. The molecule has 0 bridgehead atoms. The highest BCUT2D eigenvalue weighted by atomic mass is 32.2. The second-order valence-corrected chi connectivity index (χ2v) is 13.1. The lowest BCUT2D eigenvalue weighted by Crippen LogP contribution is -2.34. The van der Waals surface area contributed by atoms with Gasteiger partial charge < -0.3 is 5.32 Å². The number of nitrogens with one attached hydrogen (secondary N) is 2. The van der Waals surface area contributed by atoms with Crippen LogP contribution in [0.4, 0.5) is 13.2 Å². The van der Waals surface area contributed by atoms with E-state index in [1.165, 1.54) is 43.3 Å². The maximum Gasteiger partial charge on any atom is 0.416 e. The molecule has 14 heteroatoms. The second-order valence-electron chi connectivity index (χ2n) is 9.23. The first-order valence-electron chi connectivity index (χ1n) is 11.9. The highest BCUT2D eigenvalue weighted by molar-refractivity contribution is 7.90. The number of hydrogen-bond donors (Lipinski definition) is 2. The molecule has 9 nitrogen and oxygen atoms in total. The number of carbonyl (C=O) groups is 1. The van der Waals surface area contributed by atoms with Crippen molar-refractivity contribution in [2.24, 2.45) is 0 Å². The Labute approximate surface area is 230 Å².